The monoisotopic (exact) mass is 325 g/mol. The van der Waals surface area contributed by atoms with E-state index in [0.717, 1.165) is 11.3 Å². The fourth-order valence-corrected chi connectivity index (χ4v) is 1.86. The van der Waals surface area contributed by atoms with Crippen molar-refractivity contribution < 1.29 is 19.2 Å². The maximum Gasteiger partial charge on any atom is 0.413 e. The van der Waals surface area contributed by atoms with E-state index in [4.69, 9.17) is 15.7 Å². The van der Waals surface area contributed by atoms with Gasteiger partial charge in [0.25, 0.3) is 5.91 Å². The first-order valence-corrected chi connectivity index (χ1v) is 6.93. The lowest BCUT2D eigenvalue weighted by molar-refractivity contribution is -0.112. The Morgan fingerprint density at radius 1 is 1.55 bits per heavy atom. The second kappa shape index (κ2) is 7.37. The standard InChI is InChI=1S/C12H15N5O4S/c1-12(2,3)21-11(19)16-10-15-7(6-22-10)8(9(14)18)17-20-5-4-13/h6H,5H2,1-3H3,(H2,14,18)(H,15,16,19)/b17-8-. The number of primary amides is 1. The number of carbonyl (C=O) groups is 2. The fraction of sp³-hybridized carbons (Fsp3) is 0.417. The predicted octanol–water partition coefficient (Wildman–Crippen LogP) is 1.22. The molecule has 118 valence electrons. The Morgan fingerprint density at radius 3 is 2.77 bits per heavy atom. The number of hydrogen-bond donors (Lipinski definition) is 2. The van der Waals surface area contributed by atoms with Crippen LogP contribution in [0.25, 0.3) is 0 Å². The lowest BCUT2D eigenvalue weighted by Crippen LogP contribution is -2.27. The van der Waals surface area contributed by atoms with Crippen LogP contribution in [0, 0.1) is 11.3 Å². The van der Waals surface area contributed by atoms with Crippen LogP contribution in [0.2, 0.25) is 0 Å². The van der Waals surface area contributed by atoms with Gasteiger partial charge in [-0.25, -0.2) is 9.78 Å². The number of nitriles is 1. The van der Waals surface area contributed by atoms with Crippen molar-refractivity contribution in [3.63, 3.8) is 0 Å². The van der Waals surface area contributed by atoms with Crippen molar-refractivity contribution in [2.45, 2.75) is 26.4 Å². The van der Waals surface area contributed by atoms with Gasteiger partial charge in [0.2, 0.25) is 6.61 Å². The van der Waals surface area contributed by atoms with E-state index in [0.29, 0.717) is 0 Å². The summed E-state index contributed by atoms with van der Waals surface area (Å²) < 4.78 is 5.07. The number of amides is 2. The van der Waals surface area contributed by atoms with Crippen molar-refractivity contribution in [1.82, 2.24) is 4.98 Å². The molecule has 2 amide bonds. The van der Waals surface area contributed by atoms with Crippen LogP contribution in [0.3, 0.4) is 0 Å². The molecule has 3 N–H and O–H groups in total. The van der Waals surface area contributed by atoms with E-state index in [9.17, 15) is 9.59 Å². The summed E-state index contributed by atoms with van der Waals surface area (Å²) in [6.45, 7) is 4.85. The topological polar surface area (TPSA) is 140 Å². The average Bonchev–Trinajstić information content (AvgIpc) is 2.79. The number of aromatic nitrogens is 1. The Morgan fingerprint density at radius 2 is 2.23 bits per heavy atom. The van der Waals surface area contributed by atoms with Gasteiger partial charge in [-0.3, -0.25) is 10.1 Å². The van der Waals surface area contributed by atoms with E-state index in [1.807, 2.05) is 0 Å². The molecule has 1 aromatic heterocycles. The van der Waals surface area contributed by atoms with Crippen molar-refractivity contribution in [2.24, 2.45) is 10.9 Å². The van der Waals surface area contributed by atoms with Crippen molar-refractivity contribution in [3.8, 4) is 6.07 Å². The first-order valence-electron chi connectivity index (χ1n) is 6.05. The van der Waals surface area contributed by atoms with Crippen LogP contribution in [0.1, 0.15) is 26.5 Å². The minimum Gasteiger partial charge on any atom is -0.444 e. The van der Waals surface area contributed by atoms with Crippen LogP contribution in [-0.2, 0) is 14.4 Å². The number of rotatable bonds is 5. The van der Waals surface area contributed by atoms with Gasteiger partial charge in [0, 0.05) is 5.38 Å². The Hall–Kier alpha value is -2.67. The summed E-state index contributed by atoms with van der Waals surface area (Å²) >= 11 is 1.06. The van der Waals surface area contributed by atoms with E-state index in [-0.39, 0.29) is 23.1 Å². The Kier molecular flexibility index (Phi) is 5.82. The van der Waals surface area contributed by atoms with E-state index in [1.54, 1.807) is 26.8 Å². The molecule has 9 nitrogen and oxygen atoms in total. The number of hydrogen-bond acceptors (Lipinski definition) is 8. The summed E-state index contributed by atoms with van der Waals surface area (Å²) in [5, 5.41) is 15.9. The number of nitrogens with zero attached hydrogens (tertiary/aromatic N) is 3. The molecule has 0 spiro atoms. The number of ether oxygens (including phenoxy) is 1. The van der Waals surface area contributed by atoms with E-state index >= 15 is 0 Å². The van der Waals surface area contributed by atoms with Gasteiger partial charge in [-0.2, -0.15) is 5.26 Å². The average molecular weight is 325 g/mol. The Balaban J connectivity index is 2.81. The zero-order valence-corrected chi connectivity index (χ0v) is 13.1. The van der Waals surface area contributed by atoms with Gasteiger partial charge < -0.3 is 15.3 Å². The molecule has 0 aliphatic heterocycles. The first-order chi connectivity index (χ1) is 10.2. The second-order valence-electron chi connectivity index (χ2n) is 4.90. The quantitative estimate of drug-likeness (QED) is 0.474. The molecule has 1 aromatic rings. The van der Waals surface area contributed by atoms with Gasteiger partial charge in [-0.15, -0.1) is 11.3 Å². The summed E-state index contributed by atoms with van der Waals surface area (Å²) in [5.74, 6) is -0.868. The second-order valence-corrected chi connectivity index (χ2v) is 5.76. The van der Waals surface area contributed by atoms with Gasteiger partial charge in [0.1, 0.15) is 17.4 Å². The number of anilines is 1. The zero-order valence-electron chi connectivity index (χ0n) is 12.2. The van der Waals surface area contributed by atoms with Gasteiger partial charge in [0.05, 0.1) is 0 Å². The molecule has 0 fully saturated rings. The third-order valence-corrected chi connectivity index (χ3v) is 2.63. The van der Waals surface area contributed by atoms with Crippen molar-refractivity contribution in [3.05, 3.63) is 11.1 Å². The molecule has 10 heteroatoms. The normalized spacial score (nSPS) is 11.5. The van der Waals surface area contributed by atoms with Gasteiger partial charge in [-0.05, 0) is 20.8 Å². The van der Waals surface area contributed by atoms with Crippen LogP contribution in [0.15, 0.2) is 10.5 Å². The molecule has 0 bridgehead atoms. The molecule has 0 atom stereocenters. The molecule has 0 aliphatic rings. The molecule has 1 rings (SSSR count). The lowest BCUT2D eigenvalue weighted by Gasteiger charge is -2.18. The molecule has 0 saturated carbocycles. The number of nitrogens with one attached hydrogen (secondary N) is 1. The number of carbonyl (C=O) groups excluding carboxylic acids is 2. The van der Waals surface area contributed by atoms with Crippen molar-refractivity contribution >= 4 is 34.2 Å². The minimum absolute atomic E-state index is 0.126. The highest BCUT2D eigenvalue weighted by Gasteiger charge is 2.19. The molecular weight excluding hydrogens is 310 g/mol. The zero-order chi connectivity index (χ0) is 16.8. The molecule has 0 aromatic carbocycles. The Labute approximate surface area is 130 Å². The van der Waals surface area contributed by atoms with Crippen molar-refractivity contribution in [2.75, 3.05) is 11.9 Å². The number of nitrogens with two attached hydrogens (primary N) is 1. The summed E-state index contributed by atoms with van der Waals surface area (Å²) in [6.07, 6.45) is -0.674. The minimum atomic E-state index is -0.868. The van der Waals surface area contributed by atoms with Crippen LogP contribution < -0.4 is 11.1 Å². The highest BCUT2D eigenvalue weighted by molar-refractivity contribution is 7.14. The number of thiazole rings is 1. The largest absolute Gasteiger partial charge is 0.444 e. The maximum absolute atomic E-state index is 11.6. The molecule has 22 heavy (non-hydrogen) atoms. The van der Waals surface area contributed by atoms with Crippen LogP contribution in [0.5, 0.6) is 0 Å². The van der Waals surface area contributed by atoms with Gasteiger partial charge in [0.15, 0.2) is 10.8 Å². The lowest BCUT2D eigenvalue weighted by atomic mass is 10.2. The van der Waals surface area contributed by atoms with E-state index in [2.05, 4.69) is 20.3 Å². The smallest absolute Gasteiger partial charge is 0.413 e. The van der Waals surface area contributed by atoms with Gasteiger partial charge in [-0.1, -0.05) is 5.16 Å². The van der Waals surface area contributed by atoms with E-state index in [1.165, 1.54) is 5.38 Å². The first kappa shape index (κ1) is 17.4. The number of oxime groups is 1. The SMILES string of the molecule is CC(C)(C)OC(=O)Nc1nc(/C(=N/OCC#N)C(N)=O)cs1. The third-order valence-electron chi connectivity index (χ3n) is 1.87. The van der Waals surface area contributed by atoms with Gasteiger partial charge >= 0.3 is 6.09 Å². The summed E-state index contributed by atoms with van der Waals surface area (Å²) in [5.41, 5.74) is 4.40. The third kappa shape index (κ3) is 5.76. The highest BCUT2D eigenvalue weighted by Crippen LogP contribution is 2.17. The molecule has 0 aliphatic carbocycles. The maximum atomic E-state index is 11.6. The molecule has 1 heterocycles. The predicted molar refractivity (Wildman–Crippen MR) is 79.3 cm³/mol. The van der Waals surface area contributed by atoms with Crippen LogP contribution >= 0.6 is 11.3 Å². The van der Waals surface area contributed by atoms with Crippen LogP contribution in [0.4, 0.5) is 9.93 Å². The summed E-state index contributed by atoms with van der Waals surface area (Å²) in [7, 11) is 0. The Bertz CT molecular complexity index is 626. The van der Waals surface area contributed by atoms with Crippen molar-refractivity contribution in [1.29, 1.82) is 5.26 Å². The highest BCUT2D eigenvalue weighted by atomic mass is 32.1. The summed E-state index contributed by atoms with van der Waals surface area (Å²) in [6, 6.07) is 1.69. The molecule has 0 unspecified atom stereocenters. The fourth-order valence-electron chi connectivity index (χ4n) is 1.17. The summed E-state index contributed by atoms with van der Waals surface area (Å²) in [4.78, 5) is 31.5. The van der Waals surface area contributed by atoms with E-state index < -0.39 is 17.6 Å². The molecule has 0 radical (unpaired) electrons. The molecule has 0 saturated heterocycles. The molecular formula is C12H15N5O4S. The van der Waals surface area contributed by atoms with Crippen LogP contribution in [-0.4, -0.2) is 34.9 Å².